The van der Waals surface area contributed by atoms with Gasteiger partial charge in [-0.1, -0.05) is 18.0 Å². The molecular formula is C11H12BrClFN. The summed E-state index contributed by atoms with van der Waals surface area (Å²) < 4.78 is 14.3. The standard InChI is InChI=1S/C11H12BrClFN/c12-7-5-8(14)6-3-1-2-4-9(15)10(6)11(7)13/h5,9H,1-4,15H2. The van der Waals surface area contributed by atoms with Gasteiger partial charge in [-0.3, -0.25) is 0 Å². The lowest BCUT2D eigenvalue weighted by Crippen LogP contribution is -2.12. The fraction of sp³-hybridized carbons (Fsp3) is 0.455. The van der Waals surface area contributed by atoms with Crippen LogP contribution in [-0.2, 0) is 6.42 Å². The van der Waals surface area contributed by atoms with Crippen molar-refractivity contribution >= 4 is 27.5 Å². The zero-order chi connectivity index (χ0) is 11.0. The molecule has 4 heteroatoms. The fourth-order valence-corrected chi connectivity index (χ4v) is 2.83. The fourth-order valence-electron chi connectivity index (χ4n) is 2.10. The highest BCUT2D eigenvalue weighted by Crippen LogP contribution is 2.38. The molecule has 1 atom stereocenters. The second-order valence-electron chi connectivity index (χ2n) is 3.90. The molecular weight excluding hydrogens is 280 g/mol. The van der Waals surface area contributed by atoms with Crippen LogP contribution in [0.3, 0.4) is 0 Å². The monoisotopic (exact) mass is 291 g/mol. The highest BCUT2D eigenvalue weighted by molar-refractivity contribution is 9.10. The van der Waals surface area contributed by atoms with Crippen LogP contribution in [0.5, 0.6) is 0 Å². The molecule has 1 aliphatic carbocycles. The van der Waals surface area contributed by atoms with E-state index >= 15 is 0 Å². The Morgan fingerprint density at radius 3 is 2.93 bits per heavy atom. The molecule has 2 N–H and O–H groups in total. The summed E-state index contributed by atoms with van der Waals surface area (Å²) in [7, 11) is 0. The molecule has 0 amide bonds. The van der Waals surface area contributed by atoms with Crippen LogP contribution in [-0.4, -0.2) is 0 Å². The first-order valence-corrected chi connectivity index (χ1v) is 6.20. The molecule has 1 unspecified atom stereocenters. The number of nitrogens with two attached hydrogens (primary N) is 1. The van der Waals surface area contributed by atoms with Gasteiger partial charge in [0.15, 0.2) is 0 Å². The molecule has 1 nitrogen and oxygen atoms in total. The quantitative estimate of drug-likeness (QED) is 0.568. The minimum atomic E-state index is -0.196. The van der Waals surface area contributed by atoms with E-state index in [2.05, 4.69) is 15.9 Å². The normalized spacial score (nSPS) is 20.9. The van der Waals surface area contributed by atoms with Crippen LogP contribution in [0.25, 0.3) is 0 Å². The van der Waals surface area contributed by atoms with Crippen molar-refractivity contribution in [3.8, 4) is 0 Å². The highest BCUT2D eigenvalue weighted by atomic mass is 79.9. The van der Waals surface area contributed by atoms with Crippen molar-refractivity contribution in [2.75, 3.05) is 0 Å². The van der Waals surface area contributed by atoms with E-state index in [4.69, 9.17) is 17.3 Å². The largest absolute Gasteiger partial charge is 0.324 e. The first-order valence-electron chi connectivity index (χ1n) is 5.03. The Morgan fingerprint density at radius 1 is 1.47 bits per heavy atom. The predicted molar refractivity (Wildman–Crippen MR) is 63.6 cm³/mol. The van der Waals surface area contributed by atoms with Crippen LogP contribution in [0.4, 0.5) is 4.39 Å². The number of fused-ring (bicyclic) bond motifs is 1. The number of rotatable bonds is 0. The minimum absolute atomic E-state index is 0.137. The molecule has 1 aliphatic rings. The predicted octanol–water partition coefficient (Wildman–Crippen LogP) is 3.97. The number of hydrogen-bond acceptors (Lipinski definition) is 1. The number of halogens is 3. The van der Waals surface area contributed by atoms with Crippen LogP contribution in [0.1, 0.15) is 36.4 Å². The van der Waals surface area contributed by atoms with Gasteiger partial charge in [0, 0.05) is 10.5 Å². The second-order valence-corrected chi connectivity index (χ2v) is 5.13. The molecule has 0 bridgehead atoms. The third-order valence-electron chi connectivity index (χ3n) is 2.88. The Balaban J connectivity index is 2.63. The Labute approximate surface area is 102 Å². The van der Waals surface area contributed by atoms with E-state index in [1.54, 1.807) is 0 Å². The Hall–Kier alpha value is -0.120. The molecule has 0 aromatic heterocycles. The van der Waals surface area contributed by atoms with Gasteiger partial charge in [-0.25, -0.2) is 4.39 Å². The summed E-state index contributed by atoms with van der Waals surface area (Å²) in [5, 5.41) is 0.570. The van der Waals surface area contributed by atoms with Gasteiger partial charge in [-0.2, -0.15) is 0 Å². The van der Waals surface area contributed by atoms with Crippen LogP contribution in [0, 0.1) is 5.82 Å². The highest BCUT2D eigenvalue weighted by Gasteiger charge is 2.22. The number of hydrogen-bond donors (Lipinski definition) is 1. The lowest BCUT2D eigenvalue weighted by Gasteiger charge is -2.16. The molecule has 0 spiro atoms. The maximum absolute atomic E-state index is 13.7. The van der Waals surface area contributed by atoms with Crippen molar-refractivity contribution in [1.82, 2.24) is 0 Å². The summed E-state index contributed by atoms with van der Waals surface area (Å²) in [5.74, 6) is -0.196. The minimum Gasteiger partial charge on any atom is -0.324 e. The lowest BCUT2D eigenvalue weighted by molar-refractivity contribution is 0.603. The van der Waals surface area contributed by atoms with Crippen molar-refractivity contribution in [2.45, 2.75) is 31.7 Å². The van der Waals surface area contributed by atoms with Gasteiger partial charge in [-0.15, -0.1) is 0 Å². The SMILES string of the molecule is NC1CCCCc2c(F)cc(Br)c(Cl)c21. The van der Waals surface area contributed by atoms with E-state index in [0.717, 1.165) is 31.2 Å². The van der Waals surface area contributed by atoms with Crippen molar-refractivity contribution in [1.29, 1.82) is 0 Å². The molecule has 1 aromatic rings. The zero-order valence-corrected chi connectivity index (χ0v) is 10.5. The third kappa shape index (κ3) is 2.05. The van der Waals surface area contributed by atoms with Crippen molar-refractivity contribution in [3.63, 3.8) is 0 Å². The summed E-state index contributed by atoms with van der Waals surface area (Å²) in [5.41, 5.74) is 7.51. The van der Waals surface area contributed by atoms with E-state index in [0.29, 0.717) is 15.1 Å². The van der Waals surface area contributed by atoms with Gasteiger partial charge in [0.1, 0.15) is 5.82 Å². The van der Waals surface area contributed by atoms with Crippen molar-refractivity contribution in [3.05, 3.63) is 32.5 Å². The van der Waals surface area contributed by atoms with Crippen LogP contribution < -0.4 is 5.73 Å². The summed E-state index contributed by atoms with van der Waals surface area (Å²) in [6.07, 6.45) is 3.63. The number of benzene rings is 1. The van der Waals surface area contributed by atoms with Gasteiger partial charge >= 0.3 is 0 Å². The molecule has 0 radical (unpaired) electrons. The summed E-state index contributed by atoms with van der Waals surface area (Å²) >= 11 is 9.41. The van der Waals surface area contributed by atoms with E-state index in [1.165, 1.54) is 6.07 Å². The van der Waals surface area contributed by atoms with Crippen LogP contribution >= 0.6 is 27.5 Å². The summed E-state index contributed by atoms with van der Waals surface area (Å²) in [6.45, 7) is 0. The van der Waals surface area contributed by atoms with E-state index < -0.39 is 0 Å². The lowest BCUT2D eigenvalue weighted by atomic mass is 9.99. The third-order valence-corrected chi connectivity index (χ3v) is 4.14. The van der Waals surface area contributed by atoms with Gasteiger partial charge in [0.2, 0.25) is 0 Å². The van der Waals surface area contributed by atoms with Gasteiger partial charge in [0.25, 0.3) is 0 Å². The van der Waals surface area contributed by atoms with E-state index in [-0.39, 0.29) is 11.9 Å². The van der Waals surface area contributed by atoms with Gasteiger partial charge in [-0.05, 0) is 52.4 Å². The summed E-state index contributed by atoms with van der Waals surface area (Å²) in [4.78, 5) is 0. The molecule has 0 aliphatic heterocycles. The molecule has 0 fully saturated rings. The topological polar surface area (TPSA) is 26.0 Å². The molecule has 82 valence electrons. The van der Waals surface area contributed by atoms with Crippen molar-refractivity contribution in [2.24, 2.45) is 5.73 Å². The van der Waals surface area contributed by atoms with E-state index in [1.807, 2.05) is 0 Å². The maximum Gasteiger partial charge on any atom is 0.127 e. The first-order chi connectivity index (χ1) is 7.11. The summed E-state index contributed by atoms with van der Waals surface area (Å²) in [6, 6.07) is 1.29. The smallest absolute Gasteiger partial charge is 0.127 e. The van der Waals surface area contributed by atoms with Crippen molar-refractivity contribution < 1.29 is 4.39 Å². The zero-order valence-electron chi connectivity index (χ0n) is 8.19. The van der Waals surface area contributed by atoms with Gasteiger partial charge in [0.05, 0.1) is 5.02 Å². The molecule has 0 saturated heterocycles. The molecule has 0 heterocycles. The average Bonchev–Trinajstić information content (AvgIpc) is 2.37. The molecule has 0 saturated carbocycles. The van der Waals surface area contributed by atoms with Crippen LogP contribution in [0.2, 0.25) is 5.02 Å². The molecule has 2 rings (SSSR count). The Bertz CT molecular complexity index is 395. The first kappa shape index (κ1) is 11.4. The Morgan fingerprint density at radius 2 is 2.20 bits per heavy atom. The van der Waals surface area contributed by atoms with E-state index in [9.17, 15) is 4.39 Å². The maximum atomic E-state index is 13.7. The Kier molecular flexibility index (Phi) is 3.33. The second kappa shape index (κ2) is 4.40. The average molecular weight is 293 g/mol. The van der Waals surface area contributed by atoms with Crippen LogP contribution in [0.15, 0.2) is 10.5 Å². The molecule has 15 heavy (non-hydrogen) atoms. The molecule has 1 aromatic carbocycles. The van der Waals surface area contributed by atoms with Gasteiger partial charge < -0.3 is 5.73 Å².